The molecule has 0 aliphatic rings. The molecule has 0 atom stereocenters. The van der Waals surface area contributed by atoms with Crippen molar-refractivity contribution in [2.45, 2.75) is 27.3 Å². The van der Waals surface area contributed by atoms with Crippen LogP contribution < -0.4 is 5.32 Å². The minimum Gasteiger partial charge on any atom is -0.352 e. The zero-order chi connectivity index (χ0) is 18.3. The Kier molecular flexibility index (Phi) is 3.88. The smallest absolute Gasteiger partial charge is 0.217 e. The number of hydrogen-bond acceptors (Lipinski definition) is 4. The van der Waals surface area contributed by atoms with Crippen molar-refractivity contribution in [3.8, 4) is 11.4 Å². The van der Waals surface area contributed by atoms with Gasteiger partial charge in [0, 0.05) is 29.8 Å². The maximum atomic E-state index is 11.2. The van der Waals surface area contributed by atoms with Crippen molar-refractivity contribution >= 4 is 22.3 Å². The Morgan fingerprint density at radius 2 is 1.85 bits per heavy atom. The molecule has 130 valence electrons. The van der Waals surface area contributed by atoms with E-state index in [1.54, 1.807) is 4.52 Å². The van der Waals surface area contributed by atoms with Gasteiger partial charge in [-0.1, -0.05) is 36.4 Å². The lowest BCUT2D eigenvalue weighted by atomic mass is 10.0. The number of aryl methyl sites for hydroxylation is 2. The summed E-state index contributed by atoms with van der Waals surface area (Å²) in [6.45, 7) is 6.02. The van der Waals surface area contributed by atoms with Gasteiger partial charge in [0.05, 0.1) is 5.69 Å². The van der Waals surface area contributed by atoms with Crippen LogP contribution in [0.5, 0.6) is 0 Å². The quantitative estimate of drug-likeness (QED) is 0.619. The standard InChI is InChI=1S/C20H19N5O/c1-12-8-9-15(10-16(12)11-21-14(3)26)19-22-23-20-18-7-5-4-6-17(18)13(2)24-25(19)20/h4-10H,11H2,1-3H3,(H,21,26). The average molecular weight is 345 g/mol. The summed E-state index contributed by atoms with van der Waals surface area (Å²) < 4.78 is 1.80. The highest BCUT2D eigenvalue weighted by Gasteiger charge is 2.14. The molecule has 4 aromatic rings. The van der Waals surface area contributed by atoms with Gasteiger partial charge in [-0.3, -0.25) is 4.79 Å². The van der Waals surface area contributed by atoms with E-state index in [4.69, 9.17) is 0 Å². The summed E-state index contributed by atoms with van der Waals surface area (Å²) in [7, 11) is 0. The Hall–Kier alpha value is -3.28. The van der Waals surface area contributed by atoms with E-state index in [-0.39, 0.29) is 5.91 Å². The van der Waals surface area contributed by atoms with Gasteiger partial charge in [-0.15, -0.1) is 10.2 Å². The predicted octanol–water partition coefficient (Wildman–Crippen LogP) is 3.20. The van der Waals surface area contributed by atoms with Crippen molar-refractivity contribution in [1.82, 2.24) is 25.1 Å². The number of nitrogens with zero attached hydrogens (tertiary/aromatic N) is 4. The molecule has 4 rings (SSSR count). The number of hydrogen-bond donors (Lipinski definition) is 1. The van der Waals surface area contributed by atoms with Crippen LogP contribution >= 0.6 is 0 Å². The van der Waals surface area contributed by atoms with Crippen LogP contribution in [0.4, 0.5) is 0 Å². The van der Waals surface area contributed by atoms with Crippen LogP contribution in [0.2, 0.25) is 0 Å². The maximum absolute atomic E-state index is 11.2. The van der Waals surface area contributed by atoms with Gasteiger partial charge < -0.3 is 5.32 Å². The van der Waals surface area contributed by atoms with E-state index in [1.807, 2.05) is 56.3 Å². The van der Waals surface area contributed by atoms with Crippen molar-refractivity contribution in [2.24, 2.45) is 0 Å². The highest BCUT2D eigenvalue weighted by molar-refractivity contribution is 5.95. The first-order chi connectivity index (χ1) is 12.5. The number of fused-ring (bicyclic) bond motifs is 3. The molecule has 0 saturated heterocycles. The minimum atomic E-state index is -0.0495. The van der Waals surface area contributed by atoms with Gasteiger partial charge in [0.15, 0.2) is 11.5 Å². The molecule has 2 aromatic heterocycles. The van der Waals surface area contributed by atoms with E-state index in [2.05, 4.69) is 20.6 Å². The normalized spacial score (nSPS) is 11.2. The lowest BCUT2D eigenvalue weighted by Crippen LogP contribution is -2.19. The predicted molar refractivity (Wildman–Crippen MR) is 101 cm³/mol. The summed E-state index contributed by atoms with van der Waals surface area (Å²) in [6.07, 6.45) is 0. The zero-order valence-corrected chi connectivity index (χ0v) is 14.9. The van der Waals surface area contributed by atoms with Crippen LogP contribution in [-0.2, 0) is 11.3 Å². The van der Waals surface area contributed by atoms with Crippen molar-refractivity contribution in [1.29, 1.82) is 0 Å². The van der Waals surface area contributed by atoms with Gasteiger partial charge in [-0.05, 0) is 31.0 Å². The third-order valence-electron chi connectivity index (χ3n) is 4.58. The zero-order valence-electron chi connectivity index (χ0n) is 14.9. The number of carbonyl (C=O) groups is 1. The van der Waals surface area contributed by atoms with Gasteiger partial charge in [-0.25, -0.2) is 0 Å². The van der Waals surface area contributed by atoms with E-state index in [0.29, 0.717) is 12.4 Å². The molecule has 0 aliphatic carbocycles. The van der Waals surface area contributed by atoms with Gasteiger partial charge >= 0.3 is 0 Å². The molecule has 0 aliphatic heterocycles. The Balaban J connectivity index is 1.87. The molecule has 0 fully saturated rings. The van der Waals surface area contributed by atoms with E-state index >= 15 is 0 Å². The first kappa shape index (κ1) is 16.2. The van der Waals surface area contributed by atoms with Crippen molar-refractivity contribution in [3.63, 3.8) is 0 Å². The summed E-state index contributed by atoms with van der Waals surface area (Å²) in [4.78, 5) is 11.2. The molecule has 2 heterocycles. The number of carbonyl (C=O) groups excluding carboxylic acids is 1. The van der Waals surface area contributed by atoms with Crippen LogP contribution in [0.25, 0.3) is 27.8 Å². The molecule has 0 saturated carbocycles. The largest absolute Gasteiger partial charge is 0.352 e. The maximum Gasteiger partial charge on any atom is 0.217 e. The summed E-state index contributed by atoms with van der Waals surface area (Å²) in [5.74, 6) is 0.643. The summed E-state index contributed by atoms with van der Waals surface area (Å²) >= 11 is 0. The third-order valence-corrected chi connectivity index (χ3v) is 4.58. The topological polar surface area (TPSA) is 72.2 Å². The lowest BCUT2D eigenvalue weighted by molar-refractivity contribution is -0.119. The summed E-state index contributed by atoms with van der Waals surface area (Å²) in [5.41, 5.74) is 4.76. The molecular weight excluding hydrogens is 326 g/mol. The Morgan fingerprint density at radius 3 is 2.62 bits per heavy atom. The molecule has 0 spiro atoms. The summed E-state index contributed by atoms with van der Waals surface area (Å²) in [5, 5.41) is 18.4. The lowest BCUT2D eigenvalue weighted by Gasteiger charge is -2.09. The third kappa shape index (κ3) is 2.69. The SMILES string of the molecule is CC(=O)NCc1cc(-c2nnc3c4ccccc4c(C)nn23)ccc1C. The van der Waals surface area contributed by atoms with Gasteiger partial charge in [0.1, 0.15) is 0 Å². The average Bonchev–Trinajstić information content (AvgIpc) is 3.05. The molecule has 6 nitrogen and oxygen atoms in total. The molecule has 0 radical (unpaired) electrons. The van der Waals surface area contributed by atoms with Crippen LogP contribution in [0, 0.1) is 13.8 Å². The van der Waals surface area contributed by atoms with Gasteiger partial charge in [0.25, 0.3) is 0 Å². The highest BCUT2D eigenvalue weighted by Crippen LogP contribution is 2.25. The fourth-order valence-electron chi connectivity index (χ4n) is 3.14. The Bertz CT molecular complexity index is 1150. The fraction of sp³-hybridized carbons (Fsp3) is 0.200. The second-order valence-electron chi connectivity index (χ2n) is 6.44. The fourth-order valence-corrected chi connectivity index (χ4v) is 3.14. The van der Waals surface area contributed by atoms with E-state index < -0.39 is 0 Å². The molecule has 2 aromatic carbocycles. The van der Waals surface area contributed by atoms with Crippen LogP contribution in [-0.4, -0.2) is 25.7 Å². The second-order valence-corrected chi connectivity index (χ2v) is 6.44. The Morgan fingerprint density at radius 1 is 1.08 bits per heavy atom. The van der Waals surface area contributed by atoms with E-state index in [0.717, 1.165) is 38.8 Å². The first-order valence-corrected chi connectivity index (χ1v) is 8.49. The first-order valence-electron chi connectivity index (χ1n) is 8.49. The molecule has 0 bridgehead atoms. The van der Waals surface area contributed by atoms with Crippen LogP contribution in [0.3, 0.4) is 0 Å². The molecule has 26 heavy (non-hydrogen) atoms. The molecule has 1 N–H and O–H groups in total. The van der Waals surface area contributed by atoms with Crippen molar-refractivity contribution in [3.05, 3.63) is 59.3 Å². The number of amides is 1. The van der Waals surface area contributed by atoms with E-state index in [1.165, 1.54) is 6.92 Å². The van der Waals surface area contributed by atoms with Crippen molar-refractivity contribution in [2.75, 3.05) is 0 Å². The molecular formula is C20H19N5O. The number of aromatic nitrogens is 4. The number of nitrogens with one attached hydrogen (secondary N) is 1. The van der Waals surface area contributed by atoms with Crippen molar-refractivity contribution < 1.29 is 4.79 Å². The van der Waals surface area contributed by atoms with Crippen LogP contribution in [0.1, 0.15) is 23.7 Å². The highest BCUT2D eigenvalue weighted by atomic mass is 16.1. The minimum absolute atomic E-state index is 0.0495. The van der Waals surface area contributed by atoms with Gasteiger partial charge in [-0.2, -0.15) is 9.61 Å². The monoisotopic (exact) mass is 345 g/mol. The Labute approximate surface area is 150 Å². The molecule has 0 unspecified atom stereocenters. The second kappa shape index (κ2) is 6.22. The van der Waals surface area contributed by atoms with E-state index in [9.17, 15) is 4.79 Å². The molecule has 1 amide bonds. The molecule has 6 heteroatoms. The number of benzene rings is 2. The van der Waals surface area contributed by atoms with Gasteiger partial charge in [0.2, 0.25) is 5.91 Å². The summed E-state index contributed by atoms with van der Waals surface area (Å²) in [6, 6.07) is 14.1. The van der Waals surface area contributed by atoms with Crippen LogP contribution in [0.15, 0.2) is 42.5 Å². The number of rotatable bonds is 3.